The molecule has 0 amide bonds. The molecule has 1 rings (SSSR count). The first kappa shape index (κ1) is 12.6. The van der Waals surface area contributed by atoms with Gasteiger partial charge in [0.05, 0.1) is 23.6 Å². The Morgan fingerprint density at radius 3 is 2.62 bits per heavy atom. The maximum Gasteiger partial charge on any atom is 0.340 e. The second kappa shape index (κ2) is 5.07. The molecule has 1 aromatic rings. The second-order valence-corrected chi connectivity index (χ2v) is 3.83. The van der Waals surface area contributed by atoms with Crippen molar-refractivity contribution in [1.29, 1.82) is 0 Å². The summed E-state index contributed by atoms with van der Waals surface area (Å²) in [6.45, 7) is 7.68. The van der Waals surface area contributed by atoms with E-state index in [1.54, 1.807) is 13.8 Å². The Labute approximate surface area is 95.8 Å². The number of aromatic nitrogens is 1. The highest BCUT2D eigenvalue weighted by Gasteiger charge is 2.16. The second-order valence-electron chi connectivity index (χ2n) is 3.83. The Kier molecular flexibility index (Phi) is 4.01. The number of rotatable bonds is 3. The van der Waals surface area contributed by atoms with E-state index in [0.717, 1.165) is 11.3 Å². The topological polar surface area (TPSA) is 65.2 Å². The number of aryl methyl sites for hydroxylation is 2. The molecule has 0 aliphatic carbocycles. The number of esters is 1. The van der Waals surface area contributed by atoms with Crippen LogP contribution < -0.4 is 5.73 Å². The fourth-order valence-corrected chi connectivity index (χ4v) is 1.61. The van der Waals surface area contributed by atoms with Crippen LogP contribution in [0.2, 0.25) is 0 Å². The van der Waals surface area contributed by atoms with Gasteiger partial charge < -0.3 is 10.5 Å². The number of hydrogen-bond acceptors (Lipinski definition) is 4. The molecule has 0 bridgehead atoms. The molecule has 0 aliphatic rings. The quantitative estimate of drug-likeness (QED) is 0.793. The molecular formula is C12H18N2O2. The summed E-state index contributed by atoms with van der Waals surface area (Å²) in [5, 5.41) is 0. The van der Waals surface area contributed by atoms with Gasteiger partial charge in [0.25, 0.3) is 0 Å². The molecular weight excluding hydrogens is 204 g/mol. The van der Waals surface area contributed by atoms with Crippen LogP contribution in [0, 0.1) is 13.8 Å². The SMILES string of the molecule is CCOC(=O)c1c(C)cc(C(C)N)nc1C. The number of ether oxygens (including phenoxy) is 1. The lowest BCUT2D eigenvalue weighted by molar-refractivity contribution is 0.0524. The first-order valence-corrected chi connectivity index (χ1v) is 5.38. The fraction of sp³-hybridized carbons (Fsp3) is 0.500. The summed E-state index contributed by atoms with van der Waals surface area (Å²) in [6, 6.07) is 1.71. The Bertz CT molecular complexity index is 377. The lowest BCUT2D eigenvalue weighted by atomic mass is 10.0. The molecule has 88 valence electrons. The summed E-state index contributed by atoms with van der Waals surface area (Å²) in [6.07, 6.45) is 0. The number of nitrogens with two attached hydrogens (primary N) is 1. The monoisotopic (exact) mass is 222 g/mol. The van der Waals surface area contributed by atoms with Gasteiger partial charge in [-0.25, -0.2) is 4.79 Å². The predicted octanol–water partition coefficient (Wildman–Crippen LogP) is 1.89. The lowest BCUT2D eigenvalue weighted by Crippen LogP contribution is -2.14. The molecule has 4 heteroatoms. The van der Waals surface area contributed by atoms with Crippen molar-refractivity contribution in [3.8, 4) is 0 Å². The third-order valence-corrected chi connectivity index (χ3v) is 2.36. The summed E-state index contributed by atoms with van der Waals surface area (Å²) in [5.74, 6) is -0.318. The van der Waals surface area contributed by atoms with Gasteiger partial charge in [0.1, 0.15) is 0 Å². The molecule has 1 aromatic heterocycles. The average Bonchev–Trinajstić information content (AvgIpc) is 2.16. The maximum absolute atomic E-state index is 11.7. The zero-order valence-electron chi connectivity index (χ0n) is 10.2. The number of nitrogens with zero attached hydrogens (tertiary/aromatic N) is 1. The smallest absolute Gasteiger partial charge is 0.340 e. The third kappa shape index (κ3) is 2.58. The van der Waals surface area contributed by atoms with Crippen molar-refractivity contribution in [2.24, 2.45) is 5.73 Å². The van der Waals surface area contributed by atoms with Crippen LogP contribution >= 0.6 is 0 Å². The molecule has 1 atom stereocenters. The predicted molar refractivity (Wildman–Crippen MR) is 62.3 cm³/mol. The molecule has 1 heterocycles. The lowest BCUT2D eigenvalue weighted by Gasteiger charge is -2.12. The number of hydrogen-bond donors (Lipinski definition) is 1. The van der Waals surface area contributed by atoms with E-state index in [4.69, 9.17) is 10.5 Å². The van der Waals surface area contributed by atoms with Crippen molar-refractivity contribution in [3.63, 3.8) is 0 Å². The molecule has 0 saturated carbocycles. The van der Waals surface area contributed by atoms with Gasteiger partial charge in [0.15, 0.2) is 0 Å². The Balaban J connectivity index is 3.17. The zero-order valence-corrected chi connectivity index (χ0v) is 10.2. The van der Waals surface area contributed by atoms with Crippen LogP contribution in [-0.4, -0.2) is 17.6 Å². The normalized spacial score (nSPS) is 12.3. The van der Waals surface area contributed by atoms with Gasteiger partial charge in [-0.1, -0.05) is 0 Å². The first-order valence-electron chi connectivity index (χ1n) is 5.38. The fourth-order valence-electron chi connectivity index (χ4n) is 1.61. The van der Waals surface area contributed by atoms with Gasteiger partial charge in [0, 0.05) is 6.04 Å². The molecule has 0 aliphatic heterocycles. The summed E-state index contributed by atoms with van der Waals surface area (Å²) in [5.41, 5.74) is 8.63. The summed E-state index contributed by atoms with van der Waals surface area (Å²) < 4.78 is 4.98. The Hall–Kier alpha value is -1.42. The van der Waals surface area contributed by atoms with Crippen molar-refractivity contribution < 1.29 is 9.53 Å². The van der Waals surface area contributed by atoms with Gasteiger partial charge in [-0.05, 0) is 39.3 Å². The highest BCUT2D eigenvalue weighted by atomic mass is 16.5. The van der Waals surface area contributed by atoms with Crippen molar-refractivity contribution >= 4 is 5.97 Å². The van der Waals surface area contributed by atoms with Crippen LogP contribution in [0.15, 0.2) is 6.07 Å². The summed E-state index contributed by atoms with van der Waals surface area (Å²) in [4.78, 5) is 16.0. The number of carbonyl (C=O) groups is 1. The summed E-state index contributed by atoms with van der Waals surface area (Å²) in [7, 11) is 0. The van der Waals surface area contributed by atoms with Crippen molar-refractivity contribution in [3.05, 3.63) is 28.6 Å². The van der Waals surface area contributed by atoms with E-state index in [2.05, 4.69) is 4.98 Å². The number of pyridine rings is 1. The van der Waals surface area contributed by atoms with Gasteiger partial charge in [-0.2, -0.15) is 0 Å². The molecule has 0 fully saturated rings. The van der Waals surface area contributed by atoms with Crippen LogP contribution in [0.5, 0.6) is 0 Å². The van der Waals surface area contributed by atoms with E-state index in [-0.39, 0.29) is 12.0 Å². The van der Waals surface area contributed by atoms with E-state index in [1.807, 2.05) is 19.9 Å². The highest BCUT2D eigenvalue weighted by Crippen LogP contribution is 2.17. The van der Waals surface area contributed by atoms with Crippen LogP contribution in [-0.2, 0) is 4.74 Å². The molecule has 0 radical (unpaired) electrons. The standard InChI is InChI=1S/C12H18N2O2/c1-5-16-12(15)11-7(2)6-10(8(3)13)14-9(11)4/h6,8H,5,13H2,1-4H3. The van der Waals surface area contributed by atoms with E-state index in [9.17, 15) is 4.79 Å². The van der Waals surface area contributed by atoms with E-state index in [0.29, 0.717) is 17.9 Å². The third-order valence-electron chi connectivity index (χ3n) is 2.36. The zero-order chi connectivity index (χ0) is 12.3. The van der Waals surface area contributed by atoms with Crippen molar-refractivity contribution in [2.45, 2.75) is 33.7 Å². The van der Waals surface area contributed by atoms with Gasteiger partial charge >= 0.3 is 5.97 Å². The van der Waals surface area contributed by atoms with Crippen molar-refractivity contribution in [2.75, 3.05) is 6.61 Å². The van der Waals surface area contributed by atoms with Gasteiger partial charge in [0.2, 0.25) is 0 Å². The molecule has 0 aromatic carbocycles. The molecule has 2 N–H and O–H groups in total. The largest absolute Gasteiger partial charge is 0.462 e. The van der Waals surface area contributed by atoms with E-state index < -0.39 is 0 Å². The minimum Gasteiger partial charge on any atom is -0.462 e. The van der Waals surface area contributed by atoms with Crippen LogP contribution in [0.1, 0.15) is 47.2 Å². The van der Waals surface area contributed by atoms with Gasteiger partial charge in [-0.3, -0.25) is 4.98 Å². The van der Waals surface area contributed by atoms with E-state index in [1.165, 1.54) is 0 Å². The molecule has 16 heavy (non-hydrogen) atoms. The molecule has 0 spiro atoms. The van der Waals surface area contributed by atoms with Crippen LogP contribution in [0.25, 0.3) is 0 Å². The molecule has 1 unspecified atom stereocenters. The van der Waals surface area contributed by atoms with E-state index >= 15 is 0 Å². The molecule has 4 nitrogen and oxygen atoms in total. The summed E-state index contributed by atoms with van der Waals surface area (Å²) >= 11 is 0. The maximum atomic E-state index is 11.7. The minimum atomic E-state index is -0.318. The molecule has 0 saturated heterocycles. The van der Waals surface area contributed by atoms with Crippen LogP contribution in [0.4, 0.5) is 0 Å². The average molecular weight is 222 g/mol. The first-order chi connectivity index (χ1) is 7.47. The van der Waals surface area contributed by atoms with Crippen LogP contribution in [0.3, 0.4) is 0 Å². The van der Waals surface area contributed by atoms with Crippen molar-refractivity contribution in [1.82, 2.24) is 4.98 Å². The highest BCUT2D eigenvalue weighted by molar-refractivity contribution is 5.92. The minimum absolute atomic E-state index is 0.131. The Morgan fingerprint density at radius 2 is 2.19 bits per heavy atom. The number of carbonyl (C=O) groups excluding carboxylic acids is 1. The van der Waals surface area contributed by atoms with Gasteiger partial charge in [-0.15, -0.1) is 0 Å². The Morgan fingerprint density at radius 1 is 1.56 bits per heavy atom.